The Hall–Kier alpha value is -0.710. The largest absolute Gasteiger partial charge is 0.389 e. The fourth-order valence-electron chi connectivity index (χ4n) is 1.80. The molecule has 0 bridgehead atoms. The van der Waals surface area contributed by atoms with Crippen molar-refractivity contribution in [3.63, 3.8) is 0 Å². The fraction of sp³-hybridized carbons (Fsp3) is 0.500. The van der Waals surface area contributed by atoms with Crippen molar-refractivity contribution in [3.05, 3.63) is 34.3 Å². The quantitative estimate of drug-likeness (QED) is 0.850. The van der Waals surface area contributed by atoms with Crippen molar-refractivity contribution in [1.29, 1.82) is 0 Å². The zero-order valence-corrected chi connectivity index (χ0v) is 12.9. The molecule has 0 aliphatic carbocycles. The number of likely N-dealkylation sites (N-methyl/N-ethyl adjacent to an activating group) is 1. The Balaban J connectivity index is 2.75. The third-order valence-electron chi connectivity index (χ3n) is 2.81. The number of rotatable bonds is 5. The molecular formula is C14H20BrNO2. The van der Waals surface area contributed by atoms with Gasteiger partial charge in [0.1, 0.15) is 0 Å². The van der Waals surface area contributed by atoms with Crippen LogP contribution in [0.5, 0.6) is 0 Å². The Labute approximate surface area is 117 Å². The van der Waals surface area contributed by atoms with Crippen LogP contribution in [0.1, 0.15) is 31.1 Å². The van der Waals surface area contributed by atoms with Crippen molar-refractivity contribution >= 4 is 21.7 Å². The number of Topliss-reactive ketones (excluding diaryl/α,β-unsaturated/α-hetero) is 1. The van der Waals surface area contributed by atoms with E-state index >= 15 is 0 Å². The molecule has 1 N–H and O–H groups in total. The Bertz CT molecular complexity index is 409. The maximum atomic E-state index is 12.2. The van der Waals surface area contributed by atoms with Gasteiger partial charge in [-0.15, -0.1) is 0 Å². The molecule has 4 heteroatoms. The van der Waals surface area contributed by atoms with E-state index in [-0.39, 0.29) is 11.8 Å². The van der Waals surface area contributed by atoms with Crippen molar-refractivity contribution in [1.82, 2.24) is 4.90 Å². The van der Waals surface area contributed by atoms with Crippen LogP contribution in [0, 0.1) is 0 Å². The van der Waals surface area contributed by atoms with E-state index < -0.39 is 5.60 Å². The molecule has 100 valence electrons. The van der Waals surface area contributed by atoms with Crippen LogP contribution < -0.4 is 0 Å². The van der Waals surface area contributed by atoms with Crippen LogP contribution in [0.2, 0.25) is 0 Å². The predicted octanol–water partition coefficient (Wildman–Crippen LogP) is 2.72. The number of carbonyl (C=O) groups excluding carboxylic acids is 1. The molecule has 0 heterocycles. The van der Waals surface area contributed by atoms with Gasteiger partial charge in [0, 0.05) is 16.6 Å². The Morgan fingerprint density at radius 2 is 1.89 bits per heavy atom. The molecule has 18 heavy (non-hydrogen) atoms. The molecule has 1 aromatic carbocycles. The van der Waals surface area contributed by atoms with Gasteiger partial charge in [0.25, 0.3) is 0 Å². The van der Waals surface area contributed by atoms with Crippen LogP contribution >= 0.6 is 15.9 Å². The summed E-state index contributed by atoms with van der Waals surface area (Å²) in [5, 5.41) is 9.77. The van der Waals surface area contributed by atoms with E-state index in [0.717, 1.165) is 4.47 Å². The molecule has 0 spiro atoms. The van der Waals surface area contributed by atoms with E-state index in [9.17, 15) is 9.90 Å². The summed E-state index contributed by atoms with van der Waals surface area (Å²) in [6.07, 6.45) is 0. The SMILES string of the molecule is CC(C(=O)c1ccc(Br)cc1)N(C)CC(C)(C)O. The lowest BCUT2D eigenvalue weighted by molar-refractivity contribution is 0.0330. The number of halogens is 1. The first kappa shape index (κ1) is 15.3. The van der Waals surface area contributed by atoms with Gasteiger partial charge in [-0.05, 0) is 40.0 Å². The van der Waals surface area contributed by atoms with Crippen LogP contribution in [-0.2, 0) is 0 Å². The highest BCUT2D eigenvalue weighted by Gasteiger charge is 2.24. The Morgan fingerprint density at radius 3 is 2.33 bits per heavy atom. The summed E-state index contributed by atoms with van der Waals surface area (Å²) < 4.78 is 0.955. The maximum Gasteiger partial charge on any atom is 0.179 e. The van der Waals surface area contributed by atoms with E-state index in [4.69, 9.17) is 0 Å². The second-order valence-electron chi connectivity index (χ2n) is 5.27. The number of aliphatic hydroxyl groups is 1. The minimum Gasteiger partial charge on any atom is -0.389 e. The minimum absolute atomic E-state index is 0.0641. The molecule has 0 aliphatic heterocycles. The topological polar surface area (TPSA) is 40.5 Å². The summed E-state index contributed by atoms with van der Waals surface area (Å²) >= 11 is 3.35. The monoisotopic (exact) mass is 313 g/mol. The third kappa shape index (κ3) is 4.52. The molecule has 1 unspecified atom stereocenters. The molecular weight excluding hydrogens is 294 g/mol. The Morgan fingerprint density at radius 1 is 1.39 bits per heavy atom. The van der Waals surface area contributed by atoms with Gasteiger partial charge in [0.05, 0.1) is 11.6 Å². The van der Waals surface area contributed by atoms with Gasteiger partial charge in [-0.2, -0.15) is 0 Å². The average Bonchev–Trinajstić information content (AvgIpc) is 2.26. The molecule has 1 rings (SSSR count). The van der Waals surface area contributed by atoms with Gasteiger partial charge in [-0.3, -0.25) is 9.69 Å². The highest BCUT2D eigenvalue weighted by molar-refractivity contribution is 9.10. The van der Waals surface area contributed by atoms with Crippen molar-refractivity contribution in [2.75, 3.05) is 13.6 Å². The van der Waals surface area contributed by atoms with Gasteiger partial charge < -0.3 is 5.11 Å². The van der Waals surface area contributed by atoms with E-state index in [2.05, 4.69) is 15.9 Å². The highest BCUT2D eigenvalue weighted by atomic mass is 79.9. The third-order valence-corrected chi connectivity index (χ3v) is 3.33. The van der Waals surface area contributed by atoms with Crippen molar-refractivity contribution < 1.29 is 9.90 Å². The first-order chi connectivity index (χ1) is 8.20. The van der Waals surface area contributed by atoms with Crippen molar-refractivity contribution in [2.24, 2.45) is 0 Å². The summed E-state index contributed by atoms with van der Waals surface area (Å²) in [7, 11) is 1.85. The van der Waals surface area contributed by atoms with Crippen molar-refractivity contribution in [3.8, 4) is 0 Å². The number of nitrogens with zero attached hydrogens (tertiary/aromatic N) is 1. The second-order valence-corrected chi connectivity index (χ2v) is 6.19. The van der Waals surface area contributed by atoms with E-state index in [1.54, 1.807) is 26.0 Å². The van der Waals surface area contributed by atoms with Crippen LogP contribution in [-0.4, -0.2) is 41.0 Å². The summed E-state index contributed by atoms with van der Waals surface area (Å²) in [5.41, 5.74) is -0.114. The maximum absolute atomic E-state index is 12.2. The molecule has 3 nitrogen and oxygen atoms in total. The normalized spacial score (nSPS) is 13.7. The van der Waals surface area contributed by atoms with Gasteiger partial charge in [0.2, 0.25) is 0 Å². The van der Waals surface area contributed by atoms with Gasteiger partial charge in [-0.1, -0.05) is 28.1 Å². The van der Waals surface area contributed by atoms with Gasteiger partial charge in [0.15, 0.2) is 5.78 Å². The number of ketones is 1. The lowest BCUT2D eigenvalue weighted by Crippen LogP contribution is -2.44. The number of hydrogen-bond donors (Lipinski definition) is 1. The standard InChI is InChI=1S/C14H20BrNO2/c1-10(16(4)9-14(2,3)18)13(17)11-5-7-12(15)8-6-11/h5-8,10,18H,9H2,1-4H3. The number of carbonyl (C=O) groups is 1. The molecule has 1 atom stereocenters. The summed E-state index contributed by atoms with van der Waals surface area (Å²) in [6.45, 7) is 5.78. The Kier molecular flexibility index (Phi) is 5.08. The summed E-state index contributed by atoms with van der Waals surface area (Å²) in [5.74, 6) is 0.0641. The highest BCUT2D eigenvalue weighted by Crippen LogP contribution is 2.14. The molecule has 0 aliphatic rings. The van der Waals surface area contributed by atoms with Gasteiger partial charge >= 0.3 is 0 Å². The van der Waals surface area contributed by atoms with E-state index in [1.807, 2.05) is 31.0 Å². The minimum atomic E-state index is -0.803. The lowest BCUT2D eigenvalue weighted by atomic mass is 10.0. The molecule has 0 saturated heterocycles. The summed E-state index contributed by atoms with van der Waals surface area (Å²) in [4.78, 5) is 14.1. The lowest BCUT2D eigenvalue weighted by Gasteiger charge is -2.29. The van der Waals surface area contributed by atoms with E-state index in [0.29, 0.717) is 12.1 Å². The number of benzene rings is 1. The van der Waals surface area contributed by atoms with Crippen LogP contribution in [0.25, 0.3) is 0 Å². The second kappa shape index (κ2) is 5.95. The first-order valence-electron chi connectivity index (χ1n) is 5.93. The van der Waals surface area contributed by atoms with Crippen LogP contribution in [0.3, 0.4) is 0 Å². The molecule has 1 aromatic rings. The zero-order valence-electron chi connectivity index (χ0n) is 11.3. The zero-order chi connectivity index (χ0) is 13.9. The molecule has 0 aromatic heterocycles. The number of hydrogen-bond acceptors (Lipinski definition) is 3. The van der Waals surface area contributed by atoms with E-state index in [1.165, 1.54) is 0 Å². The average molecular weight is 314 g/mol. The fourth-order valence-corrected chi connectivity index (χ4v) is 2.07. The predicted molar refractivity (Wildman–Crippen MR) is 76.9 cm³/mol. The van der Waals surface area contributed by atoms with Crippen molar-refractivity contribution in [2.45, 2.75) is 32.4 Å². The van der Waals surface area contributed by atoms with Crippen LogP contribution in [0.4, 0.5) is 0 Å². The first-order valence-corrected chi connectivity index (χ1v) is 6.72. The van der Waals surface area contributed by atoms with Gasteiger partial charge in [-0.25, -0.2) is 0 Å². The smallest absolute Gasteiger partial charge is 0.179 e. The molecule has 0 radical (unpaired) electrons. The molecule has 0 fully saturated rings. The molecule has 0 saturated carbocycles. The summed E-state index contributed by atoms with van der Waals surface area (Å²) in [6, 6.07) is 7.07. The molecule has 0 amide bonds. The van der Waals surface area contributed by atoms with Crippen LogP contribution in [0.15, 0.2) is 28.7 Å².